The lowest BCUT2D eigenvalue weighted by Crippen LogP contribution is -2.43. The first-order chi connectivity index (χ1) is 6.51. The van der Waals surface area contributed by atoms with Crippen LogP contribution in [0, 0.1) is 5.92 Å². The van der Waals surface area contributed by atoms with Gasteiger partial charge in [-0.25, -0.2) is 4.79 Å². The van der Waals surface area contributed by atoms with E-state index in [0.29, 0.717) is 12.8 Å². The second kappa shape index (κ2) is 6.12. The highest BCUT2D eigenvalue weighted by Crippen LogP contribution is 2.06. The molecule has 80 valence electrons. The van der Waals surface area contributed by atoms with Crippen LogP contribution in [0.3, 0.4) is 0 Å². The summed E-state index contributed by atoms with van der Waals surface area (Å²) in [6.07, 6.45) is 1.35. The Bertz CT molecular complexity index is 234. The molecular weight excluding hydrogens is 184 g/mol. The maximum atomic E-state index is 11.3. The molecule has 0 radical (unpaired) electrons. The van der Waals surface area contributed by atoms with Crippen molar-refractivity contribution in [2.24, 2.45) is 5.92 Å². The van der Waals surface area contributed by atoms with Gasteiger partial charge in [0.15, 0.2) is 0 Å². The van der Waals surface area contributed by atoms with Gasteiger partial charge < -0.3 is 0 Å². The van der Waals surface area contributed by atoms with E-state index in [0.717, 1.165) is 0 Å². The molecule has 2 N–H and O–H groups in total. The lowest BCUT2D eigenvalue weighted by molar-refractivity contribution is -0.124. The third-order valence-electron chi connectivity index (χ3n) is 1.88. The number of nitrogens with one attached hydrogen (secondary N) is 2. The van der Waals surface area contributed by atoms with Crippen molar-refractivity contribution in [3.63, 3.8) is 0 Å². The number of carbonyl (C=O) groups excluding carboxylic acids is 3. The Morgan fingerprint density at radius 1 is 1.07 bits per heavy atom. The monoisotopic (exact) mass is 200 g/mol. The Hall–Kier alpha value is -1.39. The maximum Gasteiger partial charge on any atom is 0.328 e. The number of hydrogen-bond donors (Lipinski definition) is 2. The van der Waals surface area contributed by atoms with Crippen molar-refractivity contribution < 1.29 is 14.4 Å². The van der Waals surface area contributed by atoms with Crippen molar-refractivity contribution >= 4 is 17.8 Å². The Labute approximate surface area is 83.2 Å². The van der Waals surface area contributed by atoms with Crippen LogP contribution in [0.4, 0.5) is 4.79 Å². The van der Waals surface area contributed by atoms with Gasteiger partial charge in [-0.3, -0.25) is 20.2 Å². The predicted octanol–water partition coefficient (Wildman–Crippen LogP) is 0.795. The molecule has 0 saturated carbocycles. The Balaban J connectivity index is 4.04. The maximum absolute atomic E-state index is 11.3. The highest BCUT2D eigenvalue weighted by molar-refractivity contribution is 6.01. The Morgan fingerprint density at radius 2 is 1.57 bits per heavy atom. The van der Waals surface area contributed by atoms with Gasteiger partial charge in [0.1, 0.15) is 0 Å². The van der Waals surface area contributed by atoms with Crippen LogP contribution in [0.1, 0.15) is 33.6 Å². The Kier molecular flexibility index (Phi) is 5.52. The zero-order valence-corrected chi connectivity index (χ0v) is 8.72. The van der Waals surface area contributed by atoms with Crippen LogP contribution in [0.15, 0.2) is 0 Å². The van der Waals surface area contributed by atoms with Crippen LogP contribution in [-0.2, 0) is 9.59 Å². The summed E-state index contributed by atoms with van der Waals surface area (Å²) < 4.78 is 0. The number of amides is 4. The second-order valence-corrected chi connectivity index (χ2v) is 3.01. The van der Waals surface area contributed by atoms with E-state index in [-0.39, 0.29) is 11.8 Å². The molecule has 0 saturated heterocycles. The molecule has 0 unspecified atom stereocenters. The van der Waals surface area contributed by atoms with Crippen LogP contribution < -0.4 is 10.6 Å². The minimum absolute atomic E-state index is 0.173. The summed E-state index contributed by atoms with van der Waals surface area (Å²) in [4.78, 5) is 32.7. The molecule has 14 heavy (non-hydrogen) atoms. The summed E-state index contributed by atoms with van der Waals surface area (Å²) in [5.74, 6) is -0.999. The van der Waals surface area contributed by atoms with Gasteiger partial charge >= 0.3 is 6.03 Å². The summed E-state index contributed by atoms with van der Waals surface area (Å²) in [5, 5.41) is 4.07. The molecule has 0 aromatic rings. The van der Waals surface area contributed by atoms with E-state index in [2.05, 4.69) is 5.32 Å². The van der Waals surface area contributed by atoms with Crippen molar-refractivity contribution in [1.82, 2.24) is 10.6 Å². The van der Waals surface area contributed by atoms with Gasteiger partial charge in [0.2, 0.25) is 11.8 Å². The fourth-order valence-electron chi connectivity index (χ4n) is 1.06. The molecule has 0 rings (SSSR count). The summed E-state index contributed by atoms with van der Waals surface area (Å²) in [6.45, 7) is 4.95. The van der Waals surface area contributed by atoms with Crippen LogP contribution in [0.5, 0.6) is 0 Å². The molecule has 0 aliphatic heterocycles. The lowest BCUT2D eigenvalue weighted by Gasteiger charge is -2.11. The second-order valence-electron chi connectivity index (χ2n) is 3.01. The van der Waals surface area contributed by atoms with Crippen LogP contribution >= 0.6 is 0 Å². The van der Waals surface area contributed by atoms with Crippen LogP contribution in [0.25, 0.3) is 0 Å². The minimum Gasteiger partial charge on any atom is -0.278 e. The number of rotatable bonds is 3. The third kappa shape index (κ3) is 4.59. The molecule has 0 heterocycles. The van der Waals surface area contributed by atoms with Crippen molar-refractivity contribution in [2.45, 2.75) is 33.6 Å². The van der Waals surface area contributed by atoms with Crippen LogP contribution in [0.2, 0.25) is 0 Å². The molecule has 0 atom stereocenters. The normalized spacial score (nSPS) is 9.71. The molecular formula is C9H16N2O3. The summed E-state index contributed by atoms with van der Waals surface area (Å²) in [7, 11) is 0. The zero-order chi connectivity index (χ0) is 11.1. The van der Waals surface area contributed by atoms with E-state index in [1.165, 1.54) is 6.92 Å². The molecule has 4 amide bonds. The average molecular weight is 200 g/mol. The molecule has 0 aromatic carbocycles. The van der Waals surface area contributed by atoms with E-state index >= 15 is 0 Å². The van der Waals surface area contributed by atoms with Gasteiger partial charge in [-0.15, -0.1) is 0 Å². The van der Waals surface area contributed by atoms with Crippen molar-refractivity contribution in [1.29, 1.82) is 0 Å². The van der Waals surface area contributed by atoms with Gasteiger partial charge in [-0.05, 0) is 12.8 Å². The van der Waals surface area contributed by atoms with Gasteiger partial charge in [-0.2, -0.15) is 0 Å². The zero-order valence-electron chi connectivity index (χ0n) is 8.72. The largest absolute Gasteiger partial charge is 0.328 e. The van der Waals surface area contributed by atoms with Gasteiger partial charge in [0.25, 0.3) is 0 Å². The molecule has 5 nitrogen and oxygen atoms in total. The van der Waals surface area contributed by atoms with Crippen molar-refractivity contribution in [3.05, 3.63) is 0 Å². The molecule has 5 heteroatoms. The number of imide groups is 2. The first-order valence-electron chi connectivity index (χ1n) is 4.63. The summed E-state index contributed by atoms with van der Waals surface area (Å²) >= 11 is 0. The quantitative estimate of drug-likeness (QED) is 0.707. The van der Waals surface area contributed by atoms with Gasteiger partial charge in [-0.1, -0.05) is 13.8 Å². The van der Waals surface area contributed by atoms with Gasteiger partial charge in [0.05, 0.1) is 0 Å². The van der Waals surface area contributed by atoms with E-state index in [1.807, 2.05) is 19.2 Å². The van der Waals surface area contributed by atoms with E-state index < -0.39 is 11.9 Å². The predicted molar refractivity (Wildman–Crippen MR) is 51.4 cm³/mol. The molecule has 0 aromatic heterocycles. The standard InChI is InChI=1S/C9H16N2O3/c1-4-7(5-2)8(13)11-9(14)10-6(3)12/h7H,4-5H2,1-3H3,(H2,10,11,12,13,14). The number of urea groups is 1. The smallest absolute Gasteiger partial charge is 0.278 e. The summed E-state index contributed by atoms with van der Waals surface area (Å²) in [6, 6.07) is -0.755. The first kappa shape index (κ1) is 12.6. The summed E-state index contributed by atoms with van der Waals surface area (Å²) in [5.41, 5.74) is 0. The van der Waals surface area contributed by atoms with Gasteiger partial charge in [0, 0.05) is 12.8 Å². The molecule has 0 bridgehead atoms. The minimum atomic E-state index is -0.755. The van der Waals surface area contributed by atoms with Crippen LogP contribution in [-0.4, -0.2) is 17.8 Å². The average Bonchev–Trinajstić information content (AvgIpc) is 2.04. The third-order valence-corrected chi connectivity index (χ3v) is 1.88. The Morgan fingerprint density at radius 3 is 1.93 bits per heavy atom. The highest BCUT2D eigenvalue weighted by Gasteiger charge is 2.16. The number of hydrogen-bond acceptors (Lipinski definition) is 3. The van der Waals surface area contributed by atoms with E-state index in [9.17, 15) is 14.4 Å². The lowest BCUT2D eigenvalue weighted by atomic mass is 10.0. The SMILES string of the molecule is CCC(CC)C(=O)NC(=O)NC(C)=O. The van der Waals surface area contributed by atoms with E-state index in [4.69, 9.17) is 0 Å². The van der Waals surface area contributed by atoms with Crippen molar-refractivity contribution in [3.8, 4) is 0 Å². The van der Waals surface area contributed by atoms with E-state index in [1.54, 1.807) is 0 Å². The molecule has 0 fully saturated rings. The van der Waals surface area contributed by atoms with Crippen molar-refractivity contribution in [2.75, 3.05) is 0 Å². The highest BCUT2D eigenvalue weighted by atomic mass is 16.2. The fraction of sp³-hybridized carbons (Fsp3) is 0.667. The molecule has 0 aliphatic carbocycles. The molecule has 0 aliphatic rings. The molecule has 0 spiro atoms. The number of carbonyl (C=O) groups is 3. The topological polar surface area (TPSA) is 75.3 Å². The first-order valence-corrected chi connectivity index (χ1v) is 4.63. The fourth-order valence-corrected chi connectivity index (χ4v) is 1.06.